The zero-order valence-corrected chi connectivity index (χ0v) is 9.62. The molecule has 5 N–H and O–H groups in total. The lowest BCUT2D eigenvalue weighted by molar-refractivity contribution is -0.122. The van der Waals surface area contributed by atoms with E-state index >= 15 is 0 Å². The molecule has 1 amide bonds. The maximum Gasteiger partial charge on any atom is 0.222 e. The van der Waals surface area contributed by atoms with E-state index in [9.17, 15) is 4.79 Å². The number of hydrazine groups is 1. The first kappa shape index (κ1) is 13.1. The number of carbonyl (C=O) groups excluding carboxylic acids is 1. The second-order valence-electron chi connectivity index (χ2n) is 3.95. The average molecular weight is 218 g/mol. The third-order valence-corrected chi connectivity index (χ3v) is 1.55. The maximum atomic E-state index is 11.3. The summed E-state index contributed by atoms with van der Waals surface area (Å²) < 4.78 is 0. The number of nitrogens with one attached hydrogen (secondary N) is 3. The molecule has 0 aliphatic rings. The maximum absolute atomic E-state index is 11.3. The number of hydrogen-bond donors (Lipinski definition) is 4. The highest BCUT2D eigenvalue weighted by Gasteiger charge is 2.12. The van der Waals surface area contributed by atoms with Crippen molar-refractivity contribution in [3.8, 4) is 0 Å². The van der Waals surface area contributed by atoms with Crippen molar-refractivity contribution in [3.63, 3.8) is 0 Å². The van der Waals surface area contributed by atoms with Crippen LogP contribution in [-0.2, 0) is 4.79 Å². The van der Waals surface area contributed by atoms with E-state index in [4.69, 9.17) is 18.1 Å². The van der Waals surface area contributed by atoms with Gasteiger partial charge in [-0.2, -0.15) is 0 Å². The van der Waals surface area contributed by atoms with Gasteiger partial charge in [0.2, 0.25) is 5.91 Å². The van der Waals surface area contributed by atoms with Gasteiger partial charge in [-0.1, -0.05) is 0 Å². The Bertz CT molecular complexity index is 212. The largest absolute Gasteiger partial charge is 0.361 e. The van der Waals surface area contributed by atoms with Gasteiger partial charge in [-0.3, -0.25) is 4.79 Å². The van der Waals surface area contributed by atoms with Gasteiger partial charge in [0.25, 0.3) is 0 Å². The molecule has 0 aromatic rings. The lowest BCUT2D eigenvalue weighted by Gasteiger charge is -2.20. The quantitative estimate of drug-likeness (QED) is 0.295. The van der Waals surface area contributed by atoms with Crippen molar-refractivity contribution in [3.05, 3.63) is 0 Å². The molecule has 0 atom stereocenters. The van der Waals surface area contributed by atoms with Crippen molar-refractivity contribution in [2.45, 2.75) is 32.7 Å². The number of hydrogen-bond acceptors (Lipinski definition) is 3. The highest BCUT2D eigenvalue weighted by atomic mass is 32.1. The number of nitrogens with two attached hydrogens (primary N) is 1. The molecule has 14 heavy (non-hydrogen) atoms. The first-order chi connectivity index (χ1) is 6.35. The summed E-state index contributed by atoms with van der Waals surface area (Å²) >= 11 is 4.74. The van der Waals surface area contributed by atoms with Crippen LogP contribution in [0.5, 0.6) is 0 Å². The Balaban J connectivity index is 3.60. The highest BCUT2D eigenvalue weighted by molar-refractivity contribution is 7.80. The Kier molecular flexibility index (Phi) is 5.40. The fourth-order valence-electron chi connectivity index (χ4n) is 0.821. The molecule has 0 saturated heterocycles. The van der Waals surface area contributed by atoms with Crippen LogP contribution in [-0.4, -0.2) is 23.1 Å². The molecular formula is C8H18N4OS. The van der Waals surface area contributed by atoms with Gasteiger partial charge in [-0.05, 0) is 33.0 Å². The summed E-state index contributed by atoms with van der Waals surface area (Å²) in [6.45, 7) is 6.28. The lowest BCUT2D eigenvalue weighted by atomic mass is 10.1. The number of thiocarbonyl (C=S) groups is 1. The smallest absolute Gasteiger partial charge is 0.222 e. The molecule has 0 fully saturated rings. The van der Waals surface area contributed by atoms with Gasteiger partial charge in [-0.15, -0.1) is 0 Å². The standard InChI is InChI=1S/C8H18N4OS/c1-8(2,3)11-6(13)4-5-10-7(14)12-9/h4-5,9H2,1-3H3,(H,11,13)(H2,10,12,14). The van der Waals surface area contributed by atoms with Gasteiger partial charge >= 0.3 is 0 Å². The van der Waals surface area contributed by atoms with E-state index in [1.807, 2.05) is 20.8 Å². The SMILES string of the molecule is CC(C)(C)NC(=O)CCNC(=S)NN. The third kappa shape index (κ3) is 7.75. The van der Waals surface area contributed by atoms with E-state index in [1.54, 1.807) is 0 Å². The van der Waals surface area contributed by atoms with Crippen molar-refractivity contribution in [2.24, 2.45) is 5.84 Å². The van der Waals surface area contributed by atoms with E-state index in [2.05, 4.69) is 16.1 Å². The minimum Gasteiger partial charge on any atom is -0.361 e. The normalized spacial score (nSPS) is 10.6. The average Bonchev–Trinajstić information content (AvgIpc) is 2.00. The molecule has 0 saturated carbocycles. The second kappa shape index (κ2) is 5.77. The van der Waals surface area contributed by atoms with Crippen molar-refractivity contribution < 1.29 is 4.79 Å². The molecule has 0 spiro atoms. The molecule has 0 aromatic carbocycles. The van der Waals surface area contributed by atoms with Crippen LogP contribution in [0.2, 0.25) is 0 Å². The van der Waals surface area contributed by atoms with Crippen LogP contribution in [0.1, 0.15) is 27.2 Å². The van der Waals surface area contributed by atoms with Crippen LogP contribution in [0, 0.1) is 0 Å². The van der Waals surface area contributed by atoms with Crippen molar-refractivity contribution >= 4 is 23.2 Å². The number of amides is 1. The Labute approximate surface area is 89.8 Å². The van der Waals surface area contributed by atoms with E-state index in [-0.39, 0.29) is 11.4 Å². The molecule has 0 aromatic heterocycles. The predicted octanol–water partition coefficient (Wildman–Crippen LogP) is -0.371. The molecule has 0 aliphatic heterocycles. The van der Waals surface area contributed by atoms with Crippen LogP contribution in [0.15, 0.2) is 0 Å². The zero-order valence-electron chi connectivity index (χ0n) is 8.81. The summed E-state index contributed by atoms with van der Waals surface area (Å²) in [5, 5.41) is 5.96. The summed E-state index contributed by atoms with van der Waals surface area (Å²) in [4.78, 5) is 11.3. The molecule has 6 heteroatoms. The predicted molar refractivity (Wildman–Crippen MR) is 60.4 cm³/mol. The van der Waals surface area contributed by atoms with Crippen molar-refractivity contribution in [1.82, 2.24) is 16.1 Å². The highest BCUT2D eigenvalue weighted by Crippen LogP contribution is 1.98. The van der Waals surface area contributed by atoms with E-state index in [1.165, 1.54) is 0 Å². The van der Waals surface area contributed by atoms with Gasteiger partial charge in [0.05, 0.1) is 0 Å². The van der Waals surface area contributed by atoms with Crippen LogP contribution in [0.4, 0.5) is 0 Å². The monoisotopic (exact) mass is 218 g/mol. The summed E-state index contributed by atoms with van der Waals surface area (Å²) in [6, 6.07) is 0. The molecule has 0 aliphatic carbocycles. The first-order valence-electron chi connectivity index (χ1n) is 4.40. The summed E-state index contributed by atoms with van der Waals surface area (Å²) in [5.41, 5.74) is 2.08. The Morgan fingerprint density at radius 1 is 1.43 bits per heavy atom. The minimum atomic E-state index is -0.191. The van der Waals surface area contributed by atoms with Crippen LogP contribution in [0.3, 0.4) is 0 Å². The summed E-state index contributed by atoms with van der Waals surface area (Å²) in [7, 11) is 0. The number of carbonyl (C=O) groups is 1. The molecule has 0 unspecified atom stereocenters. The van der Waals surface area contributed by atoms with Gasteiger partial charge in [-0.25, -0.2) is 5.84 Å². The summed E-state index contributed by atoms with van der Waals surface area (Å²) in [5.74, 6) is 5.03. The molecule has 0 rings (SSSR count). The van der Waals surface area contributed by atoms with Gasteiger partial charge < -0.3 is 16.1 Å². The van der Waals surface area contributed by atoms with Crippen molar-refractivity contribution in [2.75, 3.05) is 6.54 Å². The van der Waals surface area contributed by atoms with E-state index < -0.39 is 0 Å². The molecular weight excluding hydrogens is 200 g/mol. The van der Waals surface area contributed by atoms with Gasteiger partial charge in [0.1, 0.15) is 0 Å². The van der Waals surface area contributed by atoms with Crippen LogP contribution < -0.4 is 21.9 Å². The summed E-state index contributed by atoms with van der Waals surface area (Å²) in [6.07, 6.45) is 0.374. The topological polar surface area (TPSA) is 79.2 Å². The number of rotatable bonds is 3. The Morgan fingerprint density at radius 2 is 2.00 bits per heavy atom. The Hall–Kier alpha value is -0.880. The Morgan fingerprint density at radius 3 is 2.43 bits per heavy atom. The third-order valence-electron chi connectivity index (χ3n) is 1.28. The van der Waals surface area contributed by atoms with Crippen LogP contribution in [0.25, 0.3) is 0 Å². The zero-order chi connectivity index (χ0) is 11.2. The molecule has 82 valence electrons. The lowest BCUT2D eigenvalue weighted by Crippen LogP contribution is -2.44. The van der Waals surface area contributed by atoms with Gasteiger partial charge in [0, 0.05) is 18.5 Å². The minimum absolute atomic E-state index is 0.00942. The van der Waals surface area contributed by atoms with E-state index in [0.29, 0.717) is 18.1 Å². The first-order valence-corrected chi connectivity index (χ1v) is 4.81. The van der Waals surface area contributed by atoms with Crippen LogP contribution >= 0.6 is 12.2 Å². The molecule has 0 heterocycles. The van der Waals surface area contributed by atoms with Crippen molar-refractivity contribution in [1.29, 1.82) is 0 Å². The molecule has 5 nitrogen and oxygen atoms in total. The molecule has 0 radical (unpaired) electrons. The van der Waals surface area contributed by atoms with E-state index in [0.717, 1.165) is 0 Å². The molecule has 0 bridgehead atoms. The fraction of sp³-hybridized carbons (Fsp3) is 0.750. The second-order valence-corrected chi connectivity index (χ2v) is 4.36. The van der Waals surface area contributed by atoms with Gasteiger partial charge in [0.15, 0.2) is 5.11 Å². The fourth-order valence-corrected chi connectivity index (χ4v) is 0.923.